The molecule has 0 aliphatic heterocycles. The number of hydrogen-bond acceptors (Lipinski definition) is 8. The Morgan fingerprint density at radius 2 is 1.67 bits per heavy atom. The highest BCUT2D eigenvalue weighted by Gasteiger charge is 2.25. The minimum absolute atomic E-state index is 0.0915. The van der Waals surface area contributed by atoms with Crippen molar-refractivity contribution in [3.8, 4) is 22.6 Å². The quantitative estimate of drug-likeness (QED) is 0.209. The number of hydrogen-bond donors (Lipinski definition) is 1. The highest BCUT2D eigenvalue weighted by atomic mass is 32.2. The first kappa shape index (κ1) is 31.4. The van der Waals surface area contributed by atoms with E-state index in [2.05, 4.69) is 9.97 Å². The van der Waals surface area contributed by atoms with Gasteiger partial charge >= 0.3 is 5.97 Å². The second-order valence-corrected chi connectivity index (χ2v) is 13.1. The SMILES string of the molecule is COc1ccc(Cn2cc(Cc3cccc(C(=O)O)c3)n3cc(-c4cn(S(=O)(=O)c5ccccc5)c5nccnc45)cc3c2=O)c(OC)c1. The summed E-state index contributed by atoms with van der Waals surface area (Å²) in [6.45, 7) is 0.172. The molecule has 4 heterocycles. The van der Waals surface area contributed by atoms with Crippen molar-refractivity contribution in [2.45, 2.75) is 17.9 Å². The zero-order valence-corrected chi connectivity index (χ0v) is 27.2. The van der Waals surface area contributed by atoms with Gasteiger partial charge in [0.1, 0.15) is 22.5 Å². The number of benzene rings is 3. The number of nitrogens with zero attached hydrogens (tertiary/aromatic N) is 5. The van der Waals surface area contributed by atoms with Gasteiger partial charge in [-0.2, -0.15) is 0 Å². The first-order valence-electron chi connectivity index (χ1n) is 15.1. The fraction of sp³-hybridized carbons (Fsp3) is 0.111. The number of aromatic nitrogens is 5. The number of fused-ring (bicyclic) bond motifs is 2. The molecule has 49 heavy (non-hydrogen) atoms. The molecular formula is C36H29N5O7S. The molecule has 0 radical (unpaired) electrons. The van der Waals surface area contributed by atoms with E-state index in [1.54, 1.807) is 84.1 Å². The predicted octanol–water partition coefficient (Wildman–Crippen LogP) is 5.10. The molecule has 0 aliphatic rings. The van der Waals surface area contributed by atoms with Crippen LogP contribution in [0.2, 0.25) is 0 Å². The lowest BCUT2D eigenvalue weighted by atomic mass is 10.1. The molecule has 0 atom stereocenters. The Morgan fingerprint density at radius 3 is 2.43 bits per heavy atom. The minimum atomic E-state index is -4.03. The predicted molar refractivity (Wildman–Crippen MR) is 182 cm³/mol. The van der Waals surface area contributed by atoms with Crippen LogP contribution in [0.1, 0.15) is 27.2 Å². The molecule has 0 unspecified atom stereocenters. The molecule has 0 bridgehead atoms. The lowest BCUT2D eigenvalue weighted by molar-refractivity contribution is 0.0696. The first-order chi connectivity index (χ1) is 23.7. The summed E-state index contributed by atoms with van der Waals surface area (Å²) in [6, 6.07) is 21.7. The summed E-state index contributed by atoms with van der Waals surface area (Å²) in [5.41, 5.74) is 3.81. The van der Waals surface area contributed by atoms with E-state index >= 15 is 0 Å². The molecule has 0 saturated carbocycles. The number of carboxylic acid groups (broad SMARTS) is 1. The molecule has 12 nitrogen and oxygen atoms in total. The van der Waals surface area contributed by atoms with Gasteiger partial charge in [-0.3, -0.25) is 9.78 Å². The van der Waals surface area contributed by atoms with Crippen molar-refractivity contribution < 1.29 is 27.8 Å². The second-order valence-electron chi connectivity index (χ2n) is 11.3. The average molecular weight is 676 g/mol. The van der Waals surface area contributed by atoms with E-state index in [1.807, 2.05) is 12.1 Å². The van der Waals surface area contributed by atoms with Crippen LogP contribution in [0.15, 0.2) is 120 Å². The lowest BCUT2D eigenvalue weighted by Crippen LogP contribution is -2.24. The van der Waals surface area contributed by atoms with Crippen LogP contribution in [-0.4, -0.2) is 56.6 Å². The van der Waals surface area contributed by atoms with Crippen LogP contribution in [0.5, 0.6) is 11.5 Å². The lowest BCUT2D eigenvalue weighted by Gasteiger charge is -2.15. The molecule has 13 heteroatoms. The normalized spacial score (nSPS) is 11.6. The Morgan fingerprint density at radius 1 is 0.878 bits per heavy atom. The number of carboxylic acids is 1. The maximum absolute atomic E-state index is 14.1. The van der Waals surface area contributed by atoms with Crippen LogP contribution < -0.4 is 15.0 Å². The third kappa shape index (κ3) is 5.69. The summed E-state index contributed by atoms with van der Waals surface area (Å²) >= 11 is 0. The van der Waals surface area contributed by atoms with Gasteiger partial charge in [0.05, 0.1) is 31.2 Å². The van der Waals surface area contributed by atoms with Crippen LogP contribution >= 0.6 is 0 Å². The van der Waals surface area contributed by atoms with Crippen LogP contribution in [0.3, 0.4) is 0 Å². The van der Waals surface area contributed by atoms with Gasteiger partial charge in [-0.1, -0.05) is 30.3 Å². The third-order valence-corrected chi connectivity index (χ3v) is 9.97. The Balaban J connectivity index is 1.42. The number of aromatic carboxylic acids is 1. The summed E-state index contributed by atoms with van der Waals surface area (Å²) in [7, 11) is -0.929. The molecule has 0 saturated heterocycles. The van der Waals surface area contributed by atoms with Gasteiger partial charge in [0.15, 0.2) is 5.65 Å². The van der Waals surface area contributed by atoms with Crippen LogP contribution in [-0.2, 0) is 23.0 Å². The largest absolute Gasteiger partial charge is 0.497 e. The van der Waals surface area contributed by atoms with Crippen LogP contribution in [0.4, 0.5) is 0 Å². The van der Waals surface area contributed by atoms with Crippen molar-refractivity contribution >= 4 is 32.7 Å². The molecule has 3 aromatic carbocycles. The smallest absolute Gasteiger partial charge is 0.335 e. The minimum Gasteiger partial charge on any atom is -0.497 e. The molecule has 4 aromatic heterocycles. The van der Waals surface area contributed by atoms with Crippen LogP contribution in [0, 0.1) is 0 Å². The first-order valence-corrected chi connectivity index (χ1v) is 16.5. The van der Waals surface area contributed by atoms with Crippen molar-refractivity contribution in [2.75, 3.05) is 14.2 Å². The topological polar surface area (TPSA) is 147 Å². The van der Waals surface area contributed by atoms with Crippen molar-refractivity contribution in [1.29, 1.82) is 0 Å². The molecule has 1 N–H and O–H groups in total. The zero-order valence-electron chi connectivity index (χ0n) is 26.3. The molecule has 0 amide bonds. The van der Waals surface area contributed by atoms with E-state index in [0.29, 0.717) is 39.4 Å². The Kier molecular flexibility index (Phi) is 7.96. The van der Waals surface area contributed by atoms with Gasteiger partial charge in [-0.25, -0.2) is 22.2 Å². The number of methoxy groups -OCH3 is 2. The Labute approximate surface area is 280 Å². The van der Waals surface area contributed by atoms with Gasteiger partial charge in [0.2, 0.25) is 0 Å². The summed E-state index contributed by atoms with van der Waals surface area (Å²) in [5.74, 6) is 0.105. The van der Waals surface area contributed by atoms with Gasteiger partial charge in [-0.15, -0.1) is 0 Å². The van der Waals surface area contributed by atoms with Crippen molar-refractivity contribution in [2.24, 2.45) is 0 Å². The van der Waals surface area contributed by atoms with Gasteiger partial charge < -0.3 is 23.5 Å². The maximum atomic E-state index is 14.1. The highest BCUT2D eigenvalue weighted by Crippen LogP contribution is 2.33. The molecule has 246 valence electrons. The van der Waals surface area contributed by atoms with E-state index in [9.17, 15) is 23.1 Å². The summed E-state index contributed by atoms with van der Waals surface area (Å²) in [6.07, 6.45) is 8.16. The highest BCUT2D eigenvalue weighted by molar-refractivity contribution is 7.90. The standard InChI is InChI=1S/C36H29N5O7S/c1-47-28-12-11-25(32(18-28)48-2)19-39-21-27(16-23-7-6-8-24(15-23)36(43)44)40-20-26(17-31(40)35(39)42)30-22-41(34-33(30)37-13-14-38-34)49(45,46)29-9-4-3-5-10-29/h3-15,17-18,20-22H,16,19H2,1-2H3,(H,43,44). The average Bonchev–Trinajstić information content (AvgIpc) is 3.74. The fourth-order valence-corrected chi connectivity index (χ4v) is 7.25. The van der Waals surface area contributed by atoms with Crippen molar-refractivity contribution in [3.05, 3.63) is 143 Å². The summed E-state index contributed by atoms with van der Waals surface area (Å²) in [5, 5.41) is 9.60. The monoisotopic (exact) mass is 675 g/mol. The molecule has 7 aromatic rings. The molecule has 0 fully saturated rings. The van der Waals surface area contributed by atoms with Gasteiger partial charge in [0, 0.05) is 65.9 Å². The van der Waals surface area contributed by atoms with E-state index in [4.69, 9.17) is 9.47 Å². The number of ether oxygens (including phenoxy) is 2. The maximum Gasteiger partial charge on any atom is 0.335 e. The van der Waals surface area contributed by atoms with E-state index in [0.717, 1.165) is 15.1 Å². The van der Waals surface area contributed by atoms with Crippen LogP contribution in [0.25, 0.3) is 27.8 Å². The summed E-state index contributed by atoms with van der Waals surface area (Å²) in [4.78, 5) is 34.8. The van der Waals surface area contributed by atoms with E-state index < -0.39 is 16.0 Å². The second kappa shape index (κ2) is 12.4. The molecular weight excluding hydrogens is 646 g/mol. The van der Waals surface area contributed by atoms with Crippen molar-refractivity contribution in [1.82, 2.24) is 22.9 Å². The Hall–Kier alpha value is -6.21. The van der Waals surface area contributed by atoms with Gasteiger partial charge in [0.25, 0.3) is 15.6 Å². The Bertz CT molecular complexity index is 2550. The molecule has 0 spiro atoms. The zero-order chi connectivity index (χ0) is 34.3. The van der Waals surface area contributed by atoms with Crippen molar-refractivity contribution in [3.63, 3.8) is 0 Å². The van der Waals surface area contributed by atoms with Gasteiger partial charge in [-0.05, 0) is 48.0 Å². The molecule has 0 aliphatic carbocycles. The fourth-order valence-electron chi connectivity index (χ4n) is 5.92. The van der Waals surface area contributed by atoms with E-state index in [-0.39, 0.29) is 34.6 Å². The number of carbonyl (C=O) groups is 1. The molecule has 7 rings (SSSR count). The third-order valence-electron chi connectivity index (χ3n) is 8.31. The number of rotatable bonds is 10. The van der Waals surface area contributed by atoms with E-state index in [1.165, 1.54) is 36.8 Å². The summed E-state index contributed by atoms with van der Waals surface area (Å²) < 4.78 is 42.8.